The van der Waals surface area contributed by atoms with E-state index in [0.29, 0.717) is 15.6 Å². The Bertz CT molecular complexity index is 928. The number of amides is 1. The number of carbonyl (C=O) groups excluding carboxylic acids is 1. The van der Waals surface area contributed by atoms with E-state index in [1.54, 1.807) is 41.3 Å². The number of hydrogen-bond acceptors (Lipinski definition) is 3. The number of piperazine rings is 1. The zero-order chi connectivity index (χ0) is 18.9. The van der Waals surface area contributed by atoms with Gasteiger partial charge < -0.3 is 4.90 Å². The van der Waals surface area contributed by atoms with E-state index < -0.39 is 10.0 Å². The summed E-state index contributed by atoms with van der Waals surface area (Å²) in [5.74, 6) is -0.252. The highest BCUT2D eigenvalue weighted by Gasteiger charge is 2.31. The third-order valence-corrected chi connectivity index (χ3v) is 7.14. The molecule has 0 radical (unpaired) electrons. The fourth-order valence-corrected chi connectivity index (χ4v) is 4.78. The minimum absolute atomic E-state index is 0.225. The number of halogens is 3. The van der Waals surface area contributed by atoms with Crippen LogP contribution in [-0.4, -0.2) is 49.7 Å². The quantitative estimate of drug-likeness (QED) is 0.673. The normalized spacial score (nSPS) is 15.9. The Morgan fingerprint density at radius 1 is 0.962 bits per heavy atom. The summed E-state index contributed by atoms with van der Waals surface area (Å²) in [6, 6.07) is 11.2. The maximum Gasteiger partial charge on any atom is 0.255 e. The number of carbonyl (C=O) groups is 1. The monoisotopic (exact) mass is 476 g/mol. The summed E-state index contributed by atoms with van der Waals surface area (Å²) >= 11 is 15.3. The molecule has 1 saturated heterocycles. The van der Waals surface area contributed by atoms with E-state index in [9.17, 15) is 13.2 Å². The number of benzene rings is 2. The molecule has 3 rings (SSSR count). The highest BCUT2D eigenvalue weighted by molar-refractivity contribution is 9.10. The molecule has 2 aromatic carbocycles. The molecule has 0 unspecified atom stereocenters. The van der Waals surface area contributed by atoms with Crippen LogP contribution in [0.15, 0.2) is 51.8 Å². The van der Waals surface area contributed by atoms with Gasteiger partial charge in [-0.1, -0.05) is 39.1 Å². The largest absolute Gasteiger partial charge is 0.336 e. The molecule has 1 fully saturated rings. The molecule has 138 valence electrons. The second-order valence-corrected chi connectivity index (χ2v) is 9.47. The van der Waals surface area contributed by atoms with Gasteiger partial charge in [0.1, 0.15) is 0 Å². The van der Waals surface area contributed by atoms with Gasteiger partial charge in [0.2, 0.25) is 10.0 Å². The predicted octanol–water partition coefficient (Wildman–Crippen LogP) is 3.90. The summed E-state index contributed by atoms with van der Waals surface area (Å²) in [4.78, 5) is 14.5. The van der Waals surface area contributed by atoms with Gasteiger partial charge in [0, 0.05) is 35.7 Å². The fourth-order valence-electron chi connectivity index (χ4n) is 2.72. The van der Waals surface area contributed by atoms with Gasteiger partial charge in [0.25, 0.3) is 5.91 Å². The van der Waals surface area contributed by atoms with E-state index in [1.807, 2.05) is 0 Å². The summed E-state index contributed by atoms with van der Waals surface area (Å²) in [6.07, 6.45) is 0. The average molecular weight is 478 g/mol. The summed E-state index contributed by atoms with van der Waals surface area (Å²) in [7, 11) is -3.58. The van der Waals surface area contributed by atoms with Crippen molar-refractivity contribution in [1.82, 2.24) is 9.21 Å². The molecule has 5 nitrogen and oxygen atoms in total. The molecule has 26 heavy (non-hydrogen) atoms. The predicted molar refractivity (Wildman–Crippen MR) is 105 cm³/mol. The van der Waals surface area contributed by atoms with Crippen molar-refractivity contribution in [2.24, 2.45) is 0 Å². The van der Waals surface area contributed by atoms with Gasteiger partial charge in [-0.25, -0.2) is 8.42 Å². The van der Waals surface area contributed by atoms with Crippen LogP contribution in [0.4, 0.5) is 0 Å². The first-order chi connectivity index (χ1) is 12.3. The molecular weight excluding hydrogens is 463 g/mol. The molecule has 1 aliphatic heterocycles. The van der Waals surface area contributed by atoms with E-state index >= 15 is 0 Å². The number of sulfonamides is 1. The molecule has 0 N–H and O–H groups in total. The van der Waals surface area contributed by atoms with Crippen molar-refractivity contribution >= 4 is 55.1 Å². The van der Waals surface area contributed by atoms with Crippen molar-refractivity contribution in [3.63, 3.8) is 0 Å². The zero-order valence-corrected chi connectivity index (χ0v) is 17.4. The first-order valence-corrected chi connectivity index (χ1v) is 10.8. The van der Waals surface area contributed by atoms with Gasteiger partial charge in [-0.05, 0) is 42.5 Å². The topological polar surface area (TPSA) is 57.7 Å². The smallest absolute Gasteiger partial charge is 0.255 e. The van der Waals surface area contributed by atoms with Crippen LogP contribution in [0.2, 0.25) is 10.0 Å². The Kier molecular flexibility index (Phi) is 5.94. The lowest BCUT2D eigenvalue weighted by atomic mass is 10.2. The van der Waals surface area contributed by atoms with Crippen LogP contribution < -0.4 is 0 Å². The van der Waals surface area contributed by atoms with E-state index in [2.05, 4.69) is 15.9 Å². The summed E-state index contributed by atoms with van der Waals surface area (Å²) in [5.41, 5.74) is 0.323. The van der Waals surface area contributed by atoms with Gasteiger partial charge in [0.05, 0.1) is 15.5 Å². The molecule has 0 atom stereocenters. The number of hydrogen-bond donors (Lipinski definition) is 0. The lowest BCUT2D eigenvalue weighted by Crippen LogP contribution is -2.50. The van der Waals surface area contributed by atoms with Crippen molar-refractivity contribution in [3.05, 3.63) is 62.5 Å². The standard InChI is InChI=1S/C17H15BrCl2N2O3S/c18-12-1-4-14(5-2-12)26(24,25)22-9-7-21(8-10-22)17(23)15-11-13(19)3-6-16(15)20/h1-6,11H,7-10H2. The van der Waals surface area contributed by atoms with Crippen molar-refractivity contribution in [2.75, 3.05) is 26.2 Å². The Morgan fingerprint density at radius 3 is 2.19 bits per heavy atom. The van der Waals surface area contributed by atoms with Crippen LogP contribution in [0.1, 0.15) is 10.4 Å². The third-order valence-electron chi connectivity index (χ3n) is 4.14. The van der Waals surface area contributed by atoms with Crippen LogP contribution >= 0.6 is 39.1 Å². The highest BCUT2D eigenvalue weighted by atomic mass is 79.9. The Labute approximate surface area is 170 Å². The SMILES string of the molecule is O=C(c1cc(Cl)ccc1Cl)N1CCN(S(=O)(=O)c2ccc(Br)cc2)CC1. The summed E-state index contributed by atoms with van der Waals surface area (Å²) in [5, 5.41) is 0.749. The number of rotatable bonds is 3. The molecule has 1 aliphatic rings. The van der Waals surface area contributed by atoms with Crippen LogP contribution in [-0.2, 0) is 10.0 Å². The van der Waals surface area contributed by atoms with Crippen molar-refractivity contribution in [1.29, 1.82) is 0 Å². The Hall–Kier alpha value is -1.12. The second-order valence-electron chi connectivity index (χ2n) is 5.77. The third kappa shape index (κ3) is 4.07. The van der Waals surface area contributed by atoms with Crippen molar-refractivity contribution < 1.29 is 13.2 Å². The Balaban J connectivity index is 1.71. The molecule has 1 heterocycles. The van der Waals surface area contributed by atoms with E-state index in [-0.39, 0.29) is 37.0 Å². The summed E-state index contributed by atoms with van der Waals surface area (Å²) in [6.45, 7) is 1.03. The Morgan fingerprint density at radius 2 is 1.58 bits per heavy atom. The first-order valence-electron chi connectivity index (χ1n) is 7.79. The maximum absolute atomic E-state index is 12.7. The maximum atomic E-state index is 12.7. The van der Waals surface area contributed by atoms with Gasteiger partial charge in [-0.15, -0.1) is 0 Å². The van der Waals surface area contributed by atoms with Gasteiger partial charge >= 0.3 is 0 Å². The minimum atomic E-state index is -3.58. The van der Waals surface area contributed by atoms with Crippen LogP contribution in [0.3, 0.4) is 0 Å². The van der Waals surface area contributed by atoms with Gasteiger partial charge in [-0.3, -0.25) is 4.79 Å². The fraction of sp³-hybridized carbons (Fsp3) is 0.235. The van der Waals surface area contributed by atoms with Crippen LogP contribution in [0.5, 0.6) is 0 Å². The lowest BCUT2D eigenvalue weighted by Gasteiger charge is -2.34. The molecule has 0 aromatic heterocycles. The molecular formula is C17H15BrCl2N2O3S. The number of nitrogens with zero attached hydrogens (tertiary/aromatic N) is 2. The van der Waals surface area contributed by atoms with Gasteiger partial charge in [0.15, 0.2) is 0 Å². The molecule has 0 aliphatic carbocycles. The van der Waals surface area contributed by atoms with Gasteiger partial charge in [-0.2, -0.15) is 4.31 Å². The molecule has 0 bridgehead atoms. The highest BCUT2D eigenvalue weighted by Crippen LogP contribution is 2.24. The average Bonchev–Trinajstić information content (AvgIpc) is 2.63. The molecule has 0 saturated carbocycles. The summed E-state index contributed by atoms with van der Waals surface area (Å²) < 4.78 is 27.6. The van der Waals surface area contributed by atoms with E-state index in [4.69, 9.17) is 23.2 Å². The molecule has 9 heteroatoms. The van der Waals surface area contributed by atoms with Crippen molar-refractivity contribution in [2.45, 2.75) is 4.90 Å². The van der Waals surface area contributed by atoms with E-state index in [0.717, 1.165) is 4.47 Å². The minimum Gasteiger partial charge on any atom is -0.336 e. The van der Waals surface area contributed by atoms with E-state index in [1.165, 1.54) is 10.4 Å². The van der Waals surface area contributed by atoms with Crippen LogP contribution in [0.25, 0.3) is 0 Å². The first kappa shape index (κ1) is 19.6. The molecule has 2 aromatic rings. The second kappa shape index (κ2) is 7.86. The van der Waals surface area contributed by atoms with Crippen molar-refractivity contribution in [3.8, 4) is 0 Å². The lowest BCUT2D eigenvalue weighted by molar-refractivity contribution is 0.0698. The molecule has 0 spiro atoms. The van der Waals surface area contributed by atoms with Crippen LogP contribution in [0, 0.1) is 0 Å². The molecule has 1 amide bonds. The zero-order valence-electron chi connectivity index (χ0n) is 13.5.